The number of carbonyl (C=O) groups excluding carboxylic acids is 1. The lowest BCUT2D eigenvalue weighted by molar-refractivity contribution is -0.142. The number of hydrogen-bond donors (Lipinski definition) is 0. The summed E-state index contributed by atoms with van der Waals surface area (Å²) < 4.78 is 4.92. The molecule has 0 atom stereocenters. The second-order valence-electron chi connectivity index (χ2n) is 3.52. The molecule has 0 spiro atoms. The van der Waals surface area contributed by atoms with Crippen LogP contribution in [-0.4, -0.2) is 15.9 Å². The molecule has 82 valence electrons. The standard InChI is InChI=1S/C12H12N2O2/c1-8-12(7-16-9(2)15)14-11-6-4-3-5-10(11)13-8/h3-6H,7H2,1-2H3. The molecular formula is C12H12N2O2. The summed E-state index contributed by atoms with van der Waals surface area (Å²) in [5.74, 6) is -0.311. The molecule has 1 aromatic heterocycles. The van der Waals surface area contributed by atoms with Crippen molar-refractivity contribution in [3.8, 4) is 0 Å². The van der Waals surface area contributed by atoms with Gasteiger partial charge in [0.2, 0.25) is 0 Å². The lowest BCUT2D eigenvalue weighted by Gasteiger charge is -2.06. The van der Waals surface area contributed by atoms with Crippen LogP contribution in [0.15, 0.2) is 24.3 Å². The monoisotopic (exact) mass is 216 g/mol. The fourth-order valence-corrected chi connectivity index (χ4v) is 1.43. The highest BCUT2D eigenvalue weighted by Gasteiger charge is 2.06. The van der Waals surface area contributed by atoms with Crippen LogP contribution in [0.3, 0.4) is 0 Å². The molecule has 0 aliphatic rings. The van der Waals surface area contributed by atoms with Gasteiger partial charge in [-0.1, -0.05) is 12.1 Å². The van der Waals surface area contributed by atoms with Crippen LogP contribution < -0.4 is 0 Å². The molecule has 0 saturated carbocycles. The molecule has 0 saturated heterocycles. The Morgan fingerprint density at radius 2 is 1.88 bits per heavy atom. The first-order valence-corrected chi connectivity index (χ1v) is 5.02. The number of fused-ring (bicyclic) bond motifs is 1. The SMILES string of the molecule is CC(=O)OCc1nc2ccccc2nc1C. The van der Waals surface area contributed by atoms with Crippen LogP contribution in [0.1, 0.15) is 18.3 Å². The van der Waals surface area contributed by atoms with Crippen LogP contribution in [0.25, 0.3) is 11.0 Å². The van der Waals surface area contributed by atoms with Crippen LogP contribution in [0.4, 0.5) is 0 Å². The van der Waals surface area contributed by atoms with E-state index in [0.717, 1.165) is 16.7 Å². The van der Waals surface area contributed by atoms with E-state index in [2.05, 4.69) is 9.97 Å². The van der Waals surface area contributed by atoms with E-state index in [0.29, 0.717) is 5.69 Å². The van der Waals surface area contributed by atoms with Crippen molar-refractivity contribution in [2.24, 2.45) is 0 Å². The zero-order valence-corrected chi connectivity index (χ0v) is 9.23. The Bertz CT molecular complexity index is 538. The van der Waals surface area contributed by atoms with E-state index in [1.807, 2.05) is 31.2 Å². The van der Waals surface area contributed by atoms with E-state index >= 15 is 0 Å². The summed E-state index contributed by atoms with van der Waals surface area (Å²) in [6.45, 7) is 3.42. The normalized spacial score (nSPS) is 10.4. The van der Waals surface area contributed by atoms with Gasteiger partial charge < -0.3 is 4.74 Å². The molecule has 0 aliphatic carbocycles. The Hall–Kier alpha value is -1.97. The van der Waals surface area contributed by atoms with E-state index in [1.165, 1.54) is 6.92 Å². The maximum absolute atomic E-state index is 10.7. The Kier molecular flexibility index (Phi) is 2.81. The third-order valence-corrected chi connectivity index (χ3v) is 2.26. The van der Waals surface area contributed by atoms with Gasteiger partial charge in [0.05, 0.1) is 22.4 Å². The third kappa shape index (κ3) is 2.16. The predicted molar refractivity (Wildman–Crippen MR) is 59.7 cm³/mol. The number of esters is 1. The van der Waals surface area contributed by atoms with Crippen LogP contribution in [0, 0.1) is 6.92 Å². The van der Waals surface area contributed by atoms with Crippen molar-refractivity contribution in [3.05, 3.63) is 35.7 Å². The van der Waals surface area contributed by atoms with Gasteiger partial charge in [0.1, 0.15) is 6.61 Å². The van der Waals surface area contributed by atoms with E-state index in [9.17, 15) is 4.79 Å². The zero-order valence-electron chi connectivity index (χ0n) is 9.23. The topological polar surface area (TPSA) is 52.1 Å². The molecule has 1 aromatic carbocycles. The number of aryl methyl sites for hydroxylation is 1. The molecule has 1 heterocycles. The van der Waals surface area contributed by atoms with Crippen molar-refractivity contribution >= 4 is 17.0 Å². The average molecular weight is 216 g/mol. The fraction of sp³-hybridized carbons (Fsp3) is 0.250. The summed E-state index contributed by atoms with van der Waals surface area (Å²) in [4.78, 5) is 19.5. The van der Waals surface area contributed by atoms with Gasteiger partial charge in [-0.15, -0.1) is 0 Å². The molecule has 2 aromatic rings. The van der Waals surface area contributed by atoms with Gasteiger partial charge in [-0.05, 0) is 19.1 Å². The molecule has 0 aliphatic heterocycles. The minimum absolute atomic E-state index is 0.180. The molecule has 0 amide bonds. The van der Waals surface area contributed by atoms with Gasteiger partial charge in [0, 0.05) is 6.92 Å². The molecular weight excluding hydrogens is 204 g/mol. The Morgan fingerprint density at radius 3 is 2.50 bits per heavy atom. The largest absolute Gasteiger partial charge is 0.459 e. The summed E-state index contributed by atoms with van der Waals surface area (Å²) in [5, 5.41) is 0. The quantitative estimate of drug-likeness (QED) is 0.720. The molecule has 0 unspecified atom stereocenters. The van der Waals surface area contributed by atoms with Crippen LogP contribution in [-0.2, 0) is 16.1 Å². The summed E-state index contributed by atoms with van der Waals surface area (Å²) in [7, 11) is 0. The number of nitrogens with zero attached hydrogens (tertiary/aromatic N) is 2. The van der Waals surface area contributed by atoms with Crippen LogP contribution in [0.2, 0.25) is 0 Å². The lowest BCUT2D eigenvalue weighted by atomic mass is 10.2. The van der Waals surface area contributed by atoms with Crippen molar-refractivity contribution < 1.29 is 9.53 Å². The van der Waals surface area contributed by atoms with Crippen molar-refractivity contribution in [1.82, 2.24) is 9.97 Å². The third-order valence-electron chi connectivity index (χ3n) is 2.26. The number of hydrogen-bond acceptors (Lipinski definition) is 4. The molecule has 0 bridgehead atoms. The van der Waals surface area contributed by atoms with Crippen molar-refractivity contribution in [3.63, 3.8) is 0 Å². The maximum Gasteiger partial charge on any atom is 0.303 e. The second-order valence-corrected chi connectivity index (χ2v) is 3.52. The second kappa shape index (κ2) is 4.26. The lowest BCUT2D eigenvalue weighted by Crippen LogP contribution is -2.04. The molecule has 0 fully saturated rings. The first kappa shape index (κ1) is 10.5. The van der Waals surface area contributed by atoms with E-state index < -0.39 is 0 Å². The number of rotatable bonds is 2. The smallest absolute Gasteiger partial charge is 0.303 e. The van der Waals surface area contributed by atoms with Crippen LogP contribution >= 0.6 is 0 Å². The zero-order chi connectivity index (χ0) is 11.5. The molecule has 4 nitrogen and oxygen atoms in total. The van der Waals surface area contributed by atoms with Crippen molar-refractivity contribution in [2.75, 3.05) is 0 Å². The highest BCUT2D eigenvalue weighted by molar-refractivity contribution is 5.74. The number of ether oxygens (including phenoxy) is 1. The number of para-hydroxylation sites is 2. The average Bonchev–Trinajstić information content (AvgIpc) is 2.26. The van der Waals surface area contributed by atoms with Gasteiger partial charge in [-0.25, -0.2) is 9.97 Å². The van der Waals surface area contributed by atoms with Crippen LogP contribution in [0.5, 0.6) is 0 Å². The van der Waals surface area contributed by atoms with Gasteiger partial charge in [0.15, 0.2) is 0 Å². The summed E-state index contributed by atoms with van der Waals surface area (Å²) in [6.07, 6.45) is 0. The first-order chi connectivity index (χ1) is 7.66. The predicted octanol–water partition coefficient (Wildman–Crippen LogP) is 2.00. The van der Waals surface area contributed by atoms with E-state index in [1.54, 1.807) is 0 Å². The first-order valence-electron chi connectivity index (χ1n) is 5.02. The van der Waals surface area contributed by atoms with Gasteiger partial charge in [-0.2, -0.15) is 0 Å². The summed E-state index contributed by atoms with van der Waals surface area (Å²) in [5.41, 5.74) is 3.16. The van der Waals surface area contributed by atoms with Gasteiger partial charge in [0.25, 0.3) is 0 Å². The Labute approximate surface area is 93.3 Å². The van der Waals surface area contributed by atoms with Gasteiger partial charge in [-0.3, -0.25) is 4.79 Å². The molecule has 4 heteroatoms. The minimum atomic E-state index is -0.311. The van der Waals surface area contributed by atoms with Gasteiger partial charge >= 0.3 is 5.97 Å². The summed E-state index contributed by atoms with van der Waals surface area (Å²) >= 11 is 0. The fourth-order valence-electron chi connectivity index (χ4n) is 1.43. The van der Waals surface area contributed by atoms with Crippen molar-refractivity contribution in [1.29, 1.82) is 0 Å². The van der Waals surface area contributed by atoms with E-state index in [4.69, 9.17) is 4.74 Å². The number of benzene rings is 1. The minimum Gasteiger partial charge on any atom is -0.459 e. The van der Waals surface area contributed by atoms with E-state index in [-0.39, 0.29) is 12.6 Å². The molecule has 0 radical (unpaired) electrons. The maximum atomic E-state index is 10.7. The number of aromatic nitrogens is 2. The summed E-state index contributed by atoms with van der Waals surface area (Å²) in [6, 6.07) is 7.62. The highest BCUT2D eigenvalue weighted by Crippen LogP contribution is 2.12. The highest BCUT2D eigenvalue weighted by atomic mass is 16.5. The number of carbonyl (C=O) groups is 1. The van der Waals surface area contributed by atoms with Crippen molar-refractivity contribution in [2.45, 2.75) is 20.5 Å². The Morgan fingerprint density at radius 1 is 1.25 bits per heavy atom. The molecule has 16 heavy (non-hydrogen) atoms. The molecule has 0 N–H and O–H groups in total. The molecule has 2 rings (SSSR count). The Balaban J connectivity index is 2.38.